The Hall–Kier alpha value is -0.730. The number of hydrogen-bond acceptors (Lipinski definition) is 6. The molecule has 0 aromatic carbocycles. The normalized spacial score (nSPS) is 48.9. The van der Waals surface area contributed by atoms with Gasteiger partial charge in [-0.15, -0.1) is 0 Å². The Morgan fingerprint density at radius 3 is 2.14 bits per heavy atom. The van der Waals surface area contributed by atoms with E-state index in [4.69, 9.17) is 15.3 Å². The van der Waals surface area contributed by atoms with Crippen molar-refractivity contribution in [3.63, 3.8) is 0 Å². The van der Waals surface area contributed by atoms with E-state index in [0.717, 1.165) is 6.92 Å². The van der Waals surface area contributed by atoms with Crippen LogP contribution in [0, 0.1) is 0 Å². The van der Waals surface area contributed by atoms with E-state index in [1.54, 1.807) is 0 Å². The van der Waals surface area contributed by atoms with Crippen LogP contribution in [0.5, 0.6) is 0 Å². The van der Waals surface area contributed by atoms with Crippen LogP contribution in [0.4, 0.5) is 0 Å². The molecule has 5 atom stereocenters. The van der Waals surface area contributed by atoms with Crippen molar-refractivity contribution < 1.29 is 35.1 Å². The molecule has 5 N–H and O–H groups in total. The summed E-state index contributed by atoms with van der Waals surface area (Å²) in [5, 5.41) is 45.3. The molecule has 1 heterocycles. The van der Waals surface area contributed by atoms with Gasteiger partial charge in [0, 0.05) is 0 Å². The Bertz CT molecular complexity index is 242. The number of aliphatic hydroxyl groups excluding tert-OH is 4. The molecule has 1 saturated heterocycles. The monoisotopic (exact) mass is 208 g/mol. The van der Waals surface area contributed by atoms with Gasteiger partial charge in [-0.1, -0.05) is 0 Å². The molecule has 0 bridgehead atoms. The first-order valence-electron chi connectivity index (χ1n) is 3.94. The largest absolute Gasteiger partial charge is 0.479 e. The van der Waals surface area contributed by atoms with E-state index in [0.29, 0.717) is 0 Å². The number of rotatable bonds is 1. The Labute approximate surface area is 79.2 Å². The van der Waals surface area contributed by atoms with Crippen molar-refractivity contribution in [1.82, 2.24) is 0 Å². The fraction of sp³-hybridized carbons (Fsp3) is 0.857. The van der Waals surface area contributed by atoms with E-state index in [1.165, 1.54) is 0 Å². The molecule has 0 radical (unpaired) electrons. The van der Waals surface area contributed by atoms with Crippen LogP contribution in [-0.4, -0.2) is 61.7 Å². The van der Waals surface area contributed by atoms with Crippen molar-refractivity contribution in [2.45, 2.75) is 37.1 Å². The highest BCUT2D eigenvalue weighted by Gasteiger charge is 2.55. The zero-order valence-corrected chi connectivity index (χ0v) is 7.36. The van der Waals surface area contributed by atoms with Crippen LogP contribution < -0.4 is 0 Å². The number of carbonyl (C=O) groups is 1. The van der Waals surface area contributed by atoms with E-state index in [1.807, 2.05) is 0 Å². The van der Waals surface area contributed by atoms with Crippen LogP contribution in [0.2, 0.25) is 0 Å². The molecule has 0 amide bonds. The lowest BCUT2D eigenvalue weighted by molar-refractivity contribution is -0.310. The van der Waals surface area contributed by atoms with Gasteiger partial charge in [0.1, 0.15) is 18.3 Å². The molecule has 0 aliphatic carbocycles. The van der Waals surface area contributed by atoms with Gasteiger partial charge in [0.05, 0.1) is 0 Å². The fourth-order valence-corrected chi connectivity index (χ4v) is 1.25. The first-order valence-corrected chi connectivity index (χ1v) is 3.94. The Morgan fingerprint density at radius 2 is 1.71 bits per heavy atom. The van der Waals surface area contributed by atoms with Crippen LogP contribution in [0.1, 0.15) is 6.92 Å². The van der Waals surface area contributed by atoms with Gasteiger partial charge in [0.15, 0.2) is 11.9 Å². The quantitative estimate of drug-likeness (QED) is 0.316. The van der Waals surface area contributed by atoms with Crippen LogP contribution >= 0.6 is 0 Å². The fourth-order valence-electron chi connectivity index (χ4n) is 1.25. The van der Waals surface area contributed by atoms with Crippen LogP contribution in [-0.2, 0) is 9.53 Å². The summed E-state index contributed by atoms with van der Waals surface area (Å²) in [7, 11) is 0. The van der Waals surface area contributed by atoms with Crippen molar-refractivity contribution in [2.75, 3.05) is 0 Å². The molecule has 0 saturated carbocycles. The van der Waals surface area contributed by atoms with Gasteiger partial charge in [-0.3, -0.25) is 0 Å². The summed E-state index contributed by atoms with van der Waals surface area (Å²) in [6.07, 6.45) is -7.13. The average Bonchev–Trinajstić information content (AvgIpc) is 2.11. The molecule has 0 aromatic heterocycles. The molecule has 1 fully saturated rings. The highest BCUT2D eigenvalue weighted by atomic mass is 16.7. The maximum atomic E-state index is 10.7. The molecule has 7 heteroatoms. The number of carboxylic acid groups (broad SMARTS) is 1. The molecule has 0 aromatic rings. The third-order valence-electron chi connectivity index (χ3n) is 2.32. The van der Waals surface area contributed by atoms with Crippen LogP contribution in [0.15, 0.2) is 0 Å². The van der Waals surface area contributed by atoms with E-state index in [2.05, 4.69) is 4.74 Å². The summed E-state index contributed by atoms with van der Waals surface area (Å²) in [6, 6.07) is 0. The Morgan fingerprint density at radius 1 is 1.21 bits per heavy atom. The van der Waals surface area contributed by atoms with Crippen molar-refractivity contribution >= 4 is 5.97 Å². The first kappa shape index (κ1) is 11.3. The maximum absolute atomic E-state index is 10.7. The number of carboxylic acids is 1. The molecule has 0 spiro atoms. The summed E-state index contributed by atoms with van der Waals surface area (Å²) < 4.78 is 4.53. The third-order valence-corrected chi connectivity index (χ3v) is 2.32. The minimum atomic E-state index is -2.13. The number of ether oxygens (including phenoxy) is 1. The van der Waals surface area contributed by atoms with Gasteiger partial charge in [-0.25, -0.2) is 4.79 Å². The van der Waals surface area contributed by atoms with Gasteiger partial charge >= 0.3 is 5.97 Å². The third kappa shape index (κ3) is 1.49. The molecule has 14 heavy (non-hydrogen) atoms. The standard InChI is InChI=1S/C7H12O7/c1-7(6(12)13)4(10)2(8)3(9)5(11)14-7/h2-5,8-11H,1H3,(H,12,13)/t2-,3-,4-,5+,7+/m1/s1. The topological polar surface area (TPSA) is 127 Å². The van der Waals surface area contributed by atoms with E-state index < -0.39 is 36.2 Å². The molecule has 82 valence electrons. The second kappa shape index (κ2) is 3.44. The number of aliphatic carboxylic acids is 1. The average molecular weight is 208 g/mol. The zero-order chi connectivity index (χ0) is 11.1. The Kier molecular flexibility index (Phi) is 2.79. The molecule has 1 rings (SSSR count). The summed E-state index contributed by atoms with van der Waals surface area (Å²) in [4.78, 5) is 10.7. The molecular weight excluding hydrogens is 196 g/mol. The summed E-state index contributed by atoms with van der Waals surface area (Å²) in [5.41, 5.74) is -2.13. The zero-order valence-electron chi connectivity index (χ0n) is 7.36. The predicted octanol–water partition coefficient (Wildman–Crippen LogP) is -2.74. The van der Waals surface area contributed by atoms with Crippen LogP contribution in [0.25, 0.3) is 0 Å². The van der Waals surface area contributed by atoms with E-state index in [9.17, 15) is 15.0 Å². The summed E-state index contributed by atoms with van der Waals surface area (Å²) >= 11 is 0. The van der Waals surface area contributed by atoms with Gasteiger partial charge < -0.3 is 30.3 Å². The molecule has 1 aliphatic heterocycles. The summed E-state index contributed by atoms with van der Waals surface area (Å²) in [6.45, 7) is 0.998. The lowest BCUT2D eigenvalue weighted by atomic mass is 9.88. The molecule has 1 aliphatic rings. The SMILES string of the molecule is C[C@]1(C(=O)O)O[C@H](O)[C@H](O)[C@@H](O)[C@H]1O. The number of hydrogen-bond donors (Lipinski definition) is 5. The van der Waals surface area contributed by atoms with E-state index >= 15 is 0 Å². The summed E-state index contributed by atoms with van der Waals surface area (Å²) in [5.74, 6) is -1.53. The highest BCUT2D eigenvalue weighted by Crippen LogP contribution is 2.28. The molecule has 0 unspecified atom stereocenters. The maximum Gasteiger partial charge on any atom is 0.338 e. The van der Waals surface area contributed by atoms with Gasteiger partial charge in [-0.05, 0) is 6.92 Å². The number of aliphatic hydroxyl groups is 4. The van der Waals surface area contributed by atoms with Crippen molar-refractivity contribution in [3.8, 4) is 0 Å². The van der Waals surface area contributed by atoms with Crippen molar-refractivity contribution in [1.29, 1.82) is 0 Å². The lowest BCUT2D eigenvalue weighted by Crippen LogP contribution is -2.66. The van der Waals surface area contributed by atoms with Gasteiger partial charge in [-0.2, -0.15) is 0 Å². The molecule has 7 nitrogen and oxygen atoms in total. The highest BCUT2D eigenvalue weighted by molar-refractivity contribution is 5.78. The van der Waals surface area contributed by atoms with Crippen LogP contribution in [0.3, 0.4) is 0 Å². The van der Waals surface area contributed by atoms with Crippen molar-refractivity contribution in [3.05, 3.63) is 0 Å². The van der Waals surface area contributed by atoms with E-state index in [-0.39, 0.29) is 0 Å². The minimum Gasteiger partial charge on any atom is -0.479 e. The lowest BCUT2D eigenvalue weighted by Gasteiger charge is -2.42. The van der Waals surface area contributed by atoms with Crippen molar-refractivity contribution in [2.24, 2.45) is 0 Å². The van der Waals surface area contributed by atoms with Gasteiger partial charge in [0.2, 0.25) is 0 Å². The second-order valence-electron chi connectivity index (χ2n) is 3.35. The van der Waals surface area contributed by atoms with Gasteiger partial charge in [0.25, 0.3) is 0 Å². The first-order chi connectivity index (χ1) is 6.30. The predicted molar refractivity (Wildman–Crippen MR) is 41.2 cm³/mol. The second-order valence-corrected chi connectivity index (χ2v) is 3.35. The Balaban J connectivity index is 2.96. The molecular formula is C7H12O7. The minimum absolute atomic E-state index is 0.998. The smallest absolute Gasteiger partial charge is 0.338 e.